The maximum absolute atomic E-state index is 12.8. The fourth-order valence-electron chi connectivity index (χ4n) is 3.14. The van der Waals surface area contributed by atoms with Gasteiger partial charge in [0.05, 0.1) is 12.6 Å². The van der Waals surface area contributed by atoms with Crippen molar-refractivity contribution in [3.63, 3.8) is 0 Å². The number of likely N-dealkylation sites (N-methyl/N-ethyl adjacent to an activating group) is 1. The summed E-state index contributed by atoms with van der Waals surface area (Å²) in [5.41, 5.74) is 0.685. The first-order chi connectivity index (χ1) is 16.3. The van der Waals surface area contributed by atoms with Crippen LogP contribution < -0.4 is 30.7 Å². The van der Waals surface area contributed by atoms with Crippen LogP contribution in [0.3, 0.4) is 0 Å². The second kappa shape index (κ2) is 12.9. The zero-order chi connectivity index (χ0) is 25.1. The smallest absolute Gasteiger partial charge is 0.270 e. The summed E-state index contributed by atoms with van der Waals surface area (Å²) in [6.07, 6.45) is 2.46. The number of hydrogen-bond acceptors (Lipinski definition) is 8. The van der Waals surface area contributed by atoms with E-state index >= 15 is 0 Å². The molecular formula is C23H27N7O3S. The Morgan fingerprint density at radius 3 is 2.62 bits per heavy atom. The highest BCUT2D eigenvalue weighted by Crippen LogP contribution is 2.15. The molecule has 10 nitrogen and oxygen atoms in total. The van der Waals surface area contributed by atoms with Gasteiger partial charge in [0, 0.05) is 24.1 Å². The van der Waals surface area contributed by atoms with Gasteiger partial charge >= 0.3 is 0 Å². The van der Waals surface area contributed by atoms with Crippen LogP contribution in [-0.4, -0.2) is 48.0 Å². The molecule has 0 aliphatic heterocycles. The number of amides is 2. The van der Waals surface area contributed by atoms with Crippen LogP contribution in [0, 0.1) is 22.7 Å². The van der Waals surface area contributed by atoms with E-state index in [4.69, 9.17) is 5.26 Å². The van der Waals surface area contributed by atoms with Crippen LogP contribution >= 0.6 is 11.3 Å². The second-order valence-corrected chi connectivity index (χ2v) is 8.33. The quantitative estimate of drug-likeness (QED) is 0.416. The number of nitrogens with zero attached hydrogens (tertiary/aromatic N) is 4. The van der Waals surface area contributed by atoms with E-state index < -0.39 is 5.91 Å². The molecule has 2 aromatic rings. The molecule has 0 spiro atoms. The van der Waals surface area contributed by atoms with Crippen LogP contribution in [0.15, 0.2) is 29.1 Å². The summed E-state index contributed by atoms with van der Waals surface area (Å²) in [4.78, 5) is 39.2. The maximum Gasteiger partial charge on any atom is 0.270 e. The number of aromatic nitrogens is 1. The van der Waals surface area contributed by atoms with Crippen LogP contribution in [0.4, 0.5) is 11.4 Å². The number of rotatable bonds is 10. The number of nitriles is 2. The summed E-state index contributed by atoms with van der Waals surface area (Å²) in [7, 11) is 1.89. The van der Waals surface area contributed by atoms with Gasteiger partial charge in [0.25, 0.3) is 11.5 Å². The van der Waals surface area contributed by atoms with Crippen molar-refractivity contribution in [2.75, 3.05) is 37.3 Å². The second-order valence-electron chi connectivity index (χ2n) is 7.30. The lowest BCUT2D eigenvalue weighted by Crippen LogP contribution is -2.34. The molecule has 0 saturated heterocycles. The lowest BCUT2D eigenvalue weighted by molar-refractivity contribution is -0.117. The van der Waals surface area contributed by atoms with E-state index in [0.717, 1.165) is 24.3 Å². The van der Waals surface area contributed by atoms with E-state index in [1.165, 1.54) is 10.8 Å². The molecule has 34 heavy (non-hydrogen) atoms. The molecular weight excluding hydrogens is 454 g/mol. The first-order valence-electron chi connectivity index (χ1n) is 10.7. The summed E-state index contributed by atoms with van der Waals surface area (Å²) in [6.45, 7) is 4.92. The number of hydrogen-bond donors (Lipinski definition) is 3. The number of nitrogens with one attached hydrogen (secondary N) is 3. The molecule has 3 N–H and O–H groups in total. The third kappa shape index (κ3) is 7.04. The molecule has 0 fully saturated rings. The number of benzene rings is 1. The summed E-state index contributed by atoms with van der Waals surface area (Å²) < 4.78 is 1.86. The number of thiazole rings is 1. The van der Waals surface area contributed by atoms with Crippen molar-refractivity contribution in [3.8, 4) is 12.1 Å². The highest BCUT2D eigenvalue weighted by molar-refractivity contribution is 7.07. The minimum absolute atomic E-state index is 0.125. The number of carbonyl (C=O) groups excluding carboxylic acids is 2. The molecule has 0 saturated carbocycles. The van der Waals surface area contributed by atoms with Crippen LogP contribution in [-0.2, 0) is 16.1 Å². The molecule has 11 heteroatoms. The fraction of sp³-hybridized carbons (Fsp3) is 0.348. The molecule has 0 atom stereocenters. The van der Waals surface area contributed by atoms with Gasteiger partial charge in [0.1, 0.15) is 21.8 Å². The number of anilines is 2. The Morgan fingerprint density at radius 1 is 1.24 bits per heavy atom. The lowest BCUT2D eigenvalue weighted by Gasteiger charge is -2.15. The van der Waals surface area contributed by atoms with Gasteiger partial charge in [-0.25, -0.2) is 0 Å². The van der Waals surface area contributed by atoms with Crippen molar-refractivity contribution in [1.82, 2.24) is 14.8 Å². The molecule has 0 radical (unpaired) electrons. The first kappa shape index (κ1) is 26.3. The van der Waals surface area contributed by atoms with Gasteiger partial charge in [-0.2, -0.15) is 10.5 Å². The molecule has 0 bridgehead atoms. The third-order valence-electron chi connectivity index (χ3n) is 4.64. The van der Waals surface area contributed by atoms with E-state index in [-0.39, 0.29) is 41.3 Å². The van der Waals surface area contributed by atoms with E-state index in [1.54, 1.807) is 37.3 Å². The molecule has 1 aromatic carbocycles. The minimum Gasteiger partial charge on any atom is -0.360 e. The normalized spacial score (nSPS) is 12.0. The average molecular weight is 482 g/mol. The van der Waals surface area contributed by atoms with Gasteiger partial charge < -0.3 is 16.0 Å². The molecule has 1 aromatic heterocycles. The molecule has 0 aliphatic carbocycles. The predicted octanol–water partition coefficient (Wildman–Crippen LogP) is 0.374. The summed E-state index contributed by atoms with van der Waals surface area (Å²) in [6, 6.07) is 10.7. The molecule has 2 amide bonds. The van der Waals surface area contributed by atoms with Crippen molar-refractivity contribution >= 4 is 46.3 Å². The Labute approximate surface area is 201 Å². The van der Waals surface area contributed by atoms with Crippen molar-refractivity contribution in [1.29, 1.82) is 10.5 Å². The van der Waals surface area contributed by atoms with Crippen LogP contribution in [0.25, 0.3) is 11.8 Å². The van der Waals surface area contributed by atoms with Crippen molar-refractivity contribution in [2.24, 2.45) is 0 Å². The van der Waals surface area contributed by atoms with Gasteiger partial charge in [-0.15, -0.1) is 11.3 Å². The van der Waals surface area contributed by atoms with Crippen molar-refractivity contribution in [3.05, 3.63) is 43.8 Å². The van der Waals surface area contributed by atoms with E-state index in [2.05, 4.69) is 22.9 Å². The van der Waals surface area contributed by atoms with Crippen molar-refractivity contribution in [2.45, 2.75) is 26.8 Å². The zero-order valence-corrected chi connectivity index (χ0v) is 20.2. The van der Waals surface area contributed by atoms with Crippen molar-refractivity contribution < 1.29 is 9.59 Å². The van der Waals surface area contributed by atoms with E-state index in [9.17, 15) is 19.6 Å². The first-order valence-corrected chi connectivity index (χ1v) is 11.5. The molecule has 0 unspecified atom stereocenters. The molecule has 1 heterocycles. The monoisotopic (exact) mass is 481 g/mol. The van der Waals surface area contributed by atoms with Gasteiger partial charge in [-0.3, -0.25) is 23.9 Å². The van der Waals surface area contributed by atoms with E-state index in [1.807, 2.05) is 18.0 Å². The Bertz CT molecular complexity index is 1300. The Kier molecular flexibility index (Phi) is 10.0. The fourth-order valence-corrected chi connectivity index (χ4v) is 4.22. The summed E-state index contributed by atoms with van der Waals surface area (Å²) in [5.74, 6) is -0.833. The number of carbonyl (C=O) groups is 2. The Hall–Kier alpha value is -3.93. The van der Waals surface area contributed by atoms with Crippen LogP contribution in [0.1, 0.15) is 20.3 Å². The standard InChI is InChI=1S/C23H27N7O3S/c1-4-11-29(3)15-20(31)28-17-8-6-7-16(12-17)27-14-19-22(33)30(5-2)23(34-19)18(13-25)21(32)26-10-9-24/h6-8,12,14,27H,4-5,10-11,15H2,1-3H3,(H,26,32)(H,28,31)/b19-14+,23-18-. The highest BCUT2D eigenvalue weighted by Gasteiger charge is 2.15. The van der Waals surface area contributed by atoms with Gasteiger partial charge in [-0.05, 0) is 45.1 Å². The van der Waals surface area contributed by atoms with Crippen LogP contribution in [0.5, 0.6) is 0 Å². The van der Waals surface area contributed by atoms with Crippen LogP contribution in [0.2, 0.25) is 0 Å². The third-order valence-corrected chi connectivity index (χ3v) is 5.77. The Balaban J connectivity index is 2.31. The maximum atomic E-state index is 12.8. The van der Waals surface area contributed by atoms with Gasteiger partial charge in [0.15, 0.2) is 5.57 Å². The molecule has 2 rings (SSSR count). The topological polar surface area (TPSA) is 143 Å². The Morgan fingerprint density at radius 2 is 1.97 bits per heavy atom. The van der Waals surface area contributed by atoms with Gasteiger partial charge in [-0.1, -0.05) is 13.0 Å². The molecule has 178 valence electrons. The average Bonchev–Trinajstić information content (AvgIpc) is 3.11. The SMILES string of the molecule is CCCN(C)CC(=O)Nc1cccc(N/C=c2/s/c(=C(/C#N)C(=O)NCC#N)n(CC)c2=O)c1. The summed E-state index contributed by atoms with van der Waals surface area (Å²) in [5, 5.41) is 26.3. The molecule has 0 aliphatic rings. The zero-order valence-electron chi connectivity index (χ0n) is 19.3. The van der Waals surface area contributed by atoms with E-state index in [0.29, 0.717) is 15.9 Å². The minimum atomic E-state index is -0.708. The largest absolute Gasteiger partial charge is 0.360 e. The predicted molar refractivity (Wildman–Crippen MR) is 132 cm³/mol. The highest BCUT2D eigenvalue weighted by atomic mass is 32.1. The summed E-state index contributed by atoms with van der Waals surface area (Å²) >= 11 is 1.00. The van der Waals surface area contributed by atoms with Gasteiger partial charge in [0.2, 0.25) is 5.91 Å². The lowest BCUT2D eigenvalue weighted by atomic mass is 10.2.